The number of hydrogen-bond donors (Lipinski definition) is 4. The summed E-state index contributed by atoms with van der Waals surface area (Å²) in [6.07, 6.45) is 2.69. The zero-order valence-corrected chi connectivity index (χ0v) is 10.2. The SMILES string of the molecule is CC(O)C(NC(=O)CCCCCCN)C(=O)O. The van der Waals surface area contributed by atoms with Gasteiger partial charge >= 0.3 is 5.97 Å². The van der Waals surface area contributed by atoms with E-state index in [1.54, 1.807) is 0 Å². The first-order valence-electron chi connectivity index (χ1n) is 5.89. The molecule has 17 heavy (non-hydrogen) atoms. The molecule has 0 fully saturated rings. The number of aliphatic hydroxyl groups is 1. The second kappa shape index (κ2) is 8.95. The van der Waals surface area contributed by atoms with Gasteiger partial charge in [0.25, 0.3) is 0 Å². The minimum absolute atomic E-state index is 0.279. The molecule has 0 aromatic heterocycles. The van der Waals surface area contributed by atoms with E-state index in [-0.39, 0.29) is 12.3 Å². The van der Waals surface area contributed by atoms with Crippen molar-refractivity contribution < 1.29 is 19.8 Å². The van der Waals surface area contributed by atoms with Crippen molar-refractivity contribution in [2.45, 2.75) is 51.2 Å². The van der Waals surface area contributed by atoms with E-state index in [0.29, 0.717) is 13.0 Å². The molecule has 5 N–H and O–H groups in total. The van der Waals surface area contributed by atoms with Gasteiger partial charge < -0.3 is 21.3 Å². The van der Waals surface area contributed by atoms with E-state index in [1.165, 1.54) is 6.92 Å². The molecule has 2 atom stereocenters. The number of carboxylic acid groups (broad SMARTS) is 1. The van der Waals surface area contributed by atoms with Crippen molar-refractivity contribution in [3.8, 4) is 0 Å². The fraction of sp³-hybridized carbons (Fsp3) is 0.818. The van der Waals surface area contributed by atoms with Crippen LogP contribution in [0.5, 0.6) is 0 Å². The Morgan fingerprint density at radius 2 is 1.82 bits per heavy atom. The van der Waals surface area contributed by atoms with Gasteiger partial charge in [0.05, 0.1) is 6.10 Å². The third-order valence-electron chi connectivity index (χ3n) is 2.42. The lowest BCUT2D eigenvalue weighted by molar-refractivity contribution is -0.144. The quantitative estimate of drug-likeness (QED) is 0.422. The molecule has 0 saturated heterocycles. The van der Waals surface area contributed by atoms with Crippen molar-refractivity contribution in [3.05, 3.63) is 0 Å². The number of aliphatic carboxylic acids is 1. The number of unbranched alkanes of at least 4 members (excludes halogenated alkanes) is 3. The Morgan fingerprint density at radius 1 is 1.24 bits per heavy atom. The van der Waals surface area contributed by atoms with E-state index in [1.807, 2.05) is 0 Å². The van der Waals surface area contributed by atoms with Crippen LogP contribution in [-0.2, 0) is 9.59 Å². The monoisotopic (exact) mass is 246 g/mol. The van der Waals surface area contributed by atoms with E-state index in [4.69, 9.17) is 15.9 Å². The molecule has 0 bridgehead atoms. The standard InChI is InChI=1S/C11H22N2O4/c1-8(14)10(11(16)17)13-9(15)6-4-2-3-5-7-12/h8,10,14H,2-7,12H2,1H3,(H,13,15)(H,16,17). The minimum atomic E-state index is -1.23. The van der Waals surface area contributed by atoms with E-state index >= 15 is 0 Å². The molecule has 0 radical (unpaired) electrons. The second-order valence-corrected chi connectivity index (χ2v) is 4.08. The van der Waals surface area contributed by atoms with Crippen molar-refractivity contribution in [2.24, 2.45) is 5.73 Å². The first-order chi connectivity index (χ1) is 7.99. The van der Waals surface area contributed by atoms with Crippen LogP contribution in [0.25, 0.3) is 0 Å². The van der Waals surface area contributed by atoms with Crippen LogP contribution in [0.15, 0.2) is 0 Å². The lowest BCUT2D eigenvalue weighted by Crippen LogP contribution is -2.47. The van der Waals surface area contributed by atoms with Gasteiger partial charge in [0.2, 0.25) is 5.91 Å². The van der Waals surface area contributed by atoms with Gasteiger partial charge in [-0.2, -0.15) is 0 Å². The summed E-state index contributed by atoms with van der Waals surface area (Å²) in [7, 11) is 0. The zero-order chi connectivity index (χ0) is 13.3. The van der Waals surface area contributed by atoms with Crippen molar-refractivity contribution in [3.63, 3.8) is 0 Å². The van der Waals surface area contributed by atoms with Gasteiger partial charge in [-0.05, 0) is 26.3 Å². The maximum Gasteiger partial charge on any atom is 0.328 e. The van der Waals surface area contributed by atoms with Crippen LogP contribution in [-0.4, -0.2) is 40.8 Å². The highest BCUT2D eigenvalue weighted by molar-refractivity contribution is 5.83. The molecule has 0 aliphatic rings. The Hall–Kier alpha value is -1.14. The molecule has 1 amide bonds. The molecule has 2 unspecified atom stereocenters. The van der Waals surface area contributed by atoms with Gasteiger partial charge in [-0.3, -0.25) is 4.79 Å². The number of aliphatic hydroxyl groups excluding tert-OH is 1. The first-order valence-corrected chi connectivity index (χ1v) is 5.89. The molecule has 6 heteroatoms. The predicted octanol–water partition coefficient (Wildman–Crippen LogP) is -0.154. The number of carboxylic acids is 1. The Bertz CT molecular complexity index is 244. The fourth-order valence-electron chi connectivity index (χ4n) is 1.42. The summed E-state index contributed by atoms with van der Waals surface area (Å²) < 4.78 is 0. The lowest BCUT2D eigenvalue weighted by Gasteiger charge is -2.16. The average molecular weight is 246 g/mol. The van der Waals surface area contributed by atoms with Crippen molar-refractivity contribution >= 4 is 11.9 Å². The third-order valence-corrected chi connectivity index (χ3v) is 2.42. The van der Waals surface area contributed by atoms with Crippen LogP contribution in [0, 0.1) is 0 Å². The van der Waals surface area contributed by atoms with E-state index in [2.05, 4.69) is 5.32 Å². The van der Waals surface area contributed by atoms with Crippen molar-refractivity contribution in [1.29, 1.82) is 0 Å². The first kappa shape index (κ1) is 15.9. The molecular formula is C11H22N2O4. The molecule has 0 saturated carbocycles. The highest BCUT2D eigenvalue weighted by Gasteiger charge is 2.24. The molecule has 6 nitrogen and oxygen atoms in total. The smallest absolute Gasteiger partial charge is 0.328 e. The summed E-state index contributed by atoms with van der Waals surface area (Å²) >= 11 is 0. The maximum absolute atomic E-state index is 11.4. The van der Waals surface area contributed by atoms with Gasteiger partial charge in [0.1, 0.15) is 0 Å². The second-order valence-electron chi connectivity index (χ2n) is 4.08. The van der Waals surface area contributed by atoms with E-state index in [0.717, 1.165) is 19.3 Å². The molecule has 0 aliphatic heterocycles. The summed E-state index contributed by atoms with van der Waals surface area (Å²) in [6.45, 7) is 1.98. The fourth-order valence-corrected chi connectivity index (χ4v) is 1.42. The number of nitrogens with one attached hydrogen (secondary N) is 1. The Kier molecular flexibility index (Phi) is 8.35. The van der Waals surface area contributed by atoms with Gasteiger partial charge in [0.15, 0.2) is 6.04 Å². The molecule has 100 valence electrons. The predicted molar refractivity (Wildman–Crippen MR) is 63.4 cm³/mol. The summed E-state index contributed by atoms with van der Waals surface area (Å²) in [6, 6.07) is -1.23. The normalized spacial score (nSPS) is 14.1. The van der Waals surface area contributed by atoms with Gasteiger partial charge in [0, 0.05) is 6.42 Å². The van der Waals surface area contributed by atoms with Crippen LogP contribution < -0.4 is 11.1 Å². The van der Waals surface area contributed by atoms with Gasteiger partial charge in [-0.25, -0.2) is 4.79 Å². The van der Waals surface area contributed by atoms with Crippen LogP contribution in [0.2, 0.25) is 0 Å². The summed E-state index contributed by atoms with van der Waals surface area (Å²) in [5.41, 5.74) is 5.33. The number of carbonyl (C=O) groups is 2. The Balaban J connectivity index is 3.80. The van der Waals surface area contributed by atoms with E-state index in [9.17, 15) is 9.59 Å². The van der Waals surface area contributed by atoms with Crippen LogP contribution >= 0.6 is 0 Å². The molecule has 0 heterocycles. The van der Waals surface area contributed by atoms with Crippen LogP contribution in [0.1, 0.15) is 39.0 Å². The number of amides is 1. The van der Waals surface area contributed by atoms with Crippen molar-refractivity contribution in [1.82, 2.24) is 5.32 Å². The van der Waals surface area contributed by atoms with Crippen LogP contribution in [0.4, 0.5) is 0 Å². The lowest BCUT2D eigenvalue weighted by atomic mass is 10.1. The molecular weight excluding hydrogens is 224 g/mol. The summed E-state index contributed by atoms with van der Waals surface area (Å²) in [5.74, 6) is -1.57. The highest BCUT2D eigenvalue weighted by atomic mass is 16.4. The molecule has 0 spiro atoms. The number of nitrogens with two attached hydrogens (primary N) is 1. The number of carbonyl (C=O) groups excluding carboxylic acids is 1. The topological polar surface area (TPSA) is 113 Å². The van der Waals surface area contributed by atoms with E-state index < -0.39 is 18.1 Å². The number of rotatable bonds is 9. The van der Waals surface area contributed by atoms with Crippen LogP contribution in [0.3, 0.4) is 0 Å². The van der Waals surface area contributed by atoms with Gasteiger partial charge in [-0.15, -0.1) is 0 Å². The minimum Gasteiger partial charge on any atom is -0.480 e. The highest BCUT2D eigenvalue weighted by Crippen LogP contribution is 2.03. The Morgan fingerprint density at radius 3 is 2.29 bits per heavy atom. The third kappa shape index (κ3) is 7.70. The Labute approximate surface area is 101 Å². The summed E-state index contributed by atoms with van der Waals surface area (Å²) in [4.78, 5) is 22.1. The molecule has 0 aliphatic carbocycles. The molecule has 0 aromatic carbocycles. The summed E-state index contributed by atoms with van der Waals surface area (Å²) in [5, 5.41) is 20.2. The van der Waals surface area contributed by atoms with Gasteiger partial charge in [-0.1, -0.05) is 12.8 Å². The number of hydrogen-bond acceptors (Lipinski definition) is 4. The largest absolute Gasteiger partial charge is 0.480 e. The average Bonchev–Trinajstić information content (AvgIpc) is 2.24. The molecule has 0 rings (SSSR count). The zero-order valence-electron chi connectivity index (χ0n) is 10.2. The van der Waals surface area contributed by atoms with Crippen molar-refractivity contribution in [2.75, 3.05) is 6.54 Å². The molecule has 0 aromatic rings. The maximum atomic E-state index is 11.4.